The molecule has 1 heterocycles. The van der Waals surface area contributed by atoms with Crippen molar-refractivity contribution in [3.8, 4) is 0 Å². The van der Waals surface area contributed by atoms with E-state index in [0.29, 0.717) is 11.6 Å². The van der Waals surface area contributed by atoms with Crippen molar-refractivity contribution in [3.63, 3.8) is 0 Å². The highest BCUT2D eigenvalue weighted by atomic mass is 35.5. The summed E-state index contributed by atoms with van der Waals surface area (Å²) in [6, 6.07) is 0. The molecule has 48 valence electrons. The summed E-state index contributed by atoms with van der Waals surface area (Å²) in [6.45, 7) is 0. The van der Waals surface area contributed by atoms with Crippen molar-refractivity contribution in [1.29, 1.82) is 0 Å². The van der Waals surface area contributed by atoms with Crippen LogP contribution in [0.1, 0.15) is 5.69 Å². The van der Waals surface area contributed by atoms with Crippen molar-refractivity contribution < 1.29 is 0 Å². The van der Waals surface area contributed by atoms with Crippen LogP contribution in [-0.4, -0.2) is 15.2 Å². The number of alkyl halides is 1. The van der Waals surface area contributed by atoms with E-state index >= 15 is 0 Å². The van der Waals surface area contributed by atoms with Crippen LogP contribution >= 0.6 is 11.6 Å². The average Bonchev–Trinajstić information content (AvgIpc) is 1.90. The van der Waals surface area contributed by atoms with Gasteiger partial charge < -0.3 is 5.73 Å². The number of nitrogens with zero attached hydrogens (tertiary/aromatic N) is 3. The lowest BCUT2D eigenvalue weighted by Gasteiger charge is -1.90. The van der Waals surface area contributed by atoms with Crippen LogP contribution in [0.4, 0.5) is 5.95 Å². The number of rotatable bonds is 1. The second-order valence-corrected chi connectivity index (χ2v) is 1.71. The lowest BCUT2D eigenvalue weighted by atomic mass is 10.5. The summed E-state index contributed by atoms with van der Waals surface area (Å²) in [4.78, 5) is 3.67. The molecule has 0 radical (unpaired) electrons. The van der Waals surface area contributed by atoms with Gasteiger partial charge in [0, 0.05) is 0 Å². The Kier molecular flexibility index (Phi) is 1.79. The van der Waals surface area contributed by atoms with Crippen molar-refractivity contribution in [2.75, 3.05) is 5.73 Å². The normalized spacial score (nSPS) is 9.44. The Morgan fingerprint density at radius 2 is 2.33 bits per heavy atom. The Morgan fingerprint density at radius 1 is 1.56 bits per heavy atom. The third kappa shape index (κ3) is 1.50. The van der Waals surface area contributed by atoms with Gasteiger partial charge in [0.05, 0.1) is 17.8 Å². The summed E-state index contributed by atoms with van der Waals surface area (Å²) >= 11 is 5.40. The molecule has 0 atom stereocenters. The molecule has 0 aliphatic heterocycles. The number of nitrogens with two attached hydrogens (primary N) is 1. The van der Waals surface area contributed by atoms with Gasteiger partial charge in [0.2, 0.25) is 5.95 Å². The Hall–Kier alpha value is -0.900. The smallest absolute Gasteiger partial charge is 0.240 e. The van der Waals surface area contributed by atoms with E-state index in [1.54, 1.807) is 0 Å². The largest absolute Gasteiger partial charge is 0.366 e. The van der Waals surface area contributed by atoms with Crippen molar-refractivity contribution in [3.05, 3.63) is 11.9 Å². The third-order valence-corrected chi connectivity index (χ3v) is 1.04. The quantitative estimate of drug-likeness (QED) is 0.572. The highest BCUT2D eigenvalue weighted by Gasteiger charge is 1.91. The molecule has 0 spiro atoms. The Bertz CT molecular complexity index is 184. The van der Waals surface area contributed by atoms with E-state index in [1.807, 2.05) is 0 Å². The molecule has 0 aromatic carbocycles. The summed E-state index contributed by atoms with van der Waals surface area (Å²) in [5.74, 6) is 0.490. The van der Waals surface area contributed by atoms with Gasteiger partial charge in [-0.25, -0.2) is 4.98 Å². The number of anilines is 1. The zero-order valence-electron chi connectivity index (χ0n) is 4.58. The number of nitrogen functional groups attached to an aromatic ring is 1. The van der Waals surface area contributed by atoms with Crippen molar-refractivity contribution in [2.45, 2.75) is 5.88 Å². The molecule has 0 saturated heterocycles. The summed E-state index contributed by atoms with van der Waals surface area (Å²) in [5.41, 5.74) is 5.78. The summed E-state index contributed by atoms with van der Waals surface area (Å²) in [7, 11) is 0. The number of hydrogen-bond acceptors (Lipinski definition) is 4. The molecule has 5 heteroatoms. The number of aromatic nitrogens is 3. The molecule has 4 nitrogen and oxygen atoms in total. The van der Waals surface area contributed by atoms with Gasteiger partial charge in [-0.15, -0.1) is 21.8 Å². The second kappa shape index (κ2) is 2.59. The predicted molar refractivity (Wildman–Crippen MR) is 33.8 cm³/mol. The SMILES string of the molecule is Nc1ncc(CCl)nn1. The molecular formula is C4H5ClN4. The Labute approximate surface area is 57.1 Å². The van der Waals surface area contributed by atoms with E-state index in [0.717, 1.165) is 0 Å². The van der Waals surface area contributed by atoms with E-state index in [-0.39, 0.29) is 5.95 Å². The molecule has 0 amide bonds. The first-order valence-electron chi connectivity index (χ1n) is 2.33. The Morgan fingerprint density at radius 3 is 2.78 bits per heavy atom. The molecule has 1 aromatic heterocycles. The Balaban J connectivity index is 2.88. The lowest BCUT2D eigenvalue weighted by molar-refractivity contribution is 0.930. The monoisotopic (exact) mass is 144 g/mol. The van der Waals surface area contributed by atoms with Gasteiger partial charge in [0.1, 0.15) is 0 Å². The summed E-state index contributed by atoms with van der Waals surface area (Å²) in [5, 5.41) is 7.11. The van der Waals surface area contributed by atoms with E-state index in [2.05, 4.69) is 15.2 Å². The maximum absolute atomic E-state index is 5.40. The van der Waals surface area contributed by atoms with Crippen LogP contribution in [0.25, 0.3) is 0 Å². The first-order valence-corrected chi connectivity index (χ1v) is 2.86. The minimum Gasteiger partial charge on any atom is -0.366 e. The summed E-state index contributed by atoms with van der Waals surface area (Å²) < 4.78 is 0. The molecule has 2 N–H and O–H groups in total. The molecule has 0 aliphatic rings. The van der Waals surface area contributed by atoms with Crippen LogP contribution in [0, 0.1) is 0 Å². The molecule has 1 aromatic rings. The van der Waals surface area contributed by atoms with Crippen LogP contribution in [-0.2, 0) is 5.88 Å². The van der Waals surface area contributed by atoms with E-state index in [9.17, 15) is 0 Å². The van der Waals surface area contributed by atoms with Crippen molar-refractivity contribution in [2.24, 2.45) is 0 Å². The molecule has 0 unspecified atom stereocenters. The maximum atomic E-state index is 5.40. The molecule has 1 rings (SSSR count). The van der Waals surface area contributed by atoms with Crippen molar-refractivity contribution in [1.82, 2.24) is 15.2 Å². The third-order valence-electron chi connectivity index (χ3n) is 0.764. The minimum absolute atomic E-state index is 0.170. The van der Waals surface area contributed by atoms with Crippen LogP contribution in [0.15, 0.2) is 6.20 Å². The fraction of sp³-hybridized carbons (Fsp3) is 0.250. The average molecular weight is 145 g/mol. The van der Waals surface area contributed by atoms with Gasteiger partial charge in [-0.2, -0.15) is 0 Å². The molecular weight excluding hydrogens is 140 g/mol. The molecule has 0 aliphatic carbocycles. The van der Waals surface area contributed by atoms with Gasteiger partial charge in [0.15, 0.2) is 0 Å². The van der Waals surface area contributed by atoms with Gasteiger partial charge in [-0.1, -0.05) is 0 Å². The topological polar surface area (TPSA) is 64.7 Å². The fourth-order valence-electron chi connectivity index (χ4n) is 0.369. The standard InChI is InChI=1S/C4H5ClN4/c5-1-3-2-7-4(6)9-8-3/h2H,1H2,(H2,6,7,9). The van der Waals surface area contributed by atoms with Crippen LogP contribution < -0.4 is 5.73 Å². The van der Waals surface area contributed by atoms with E-state index in [1.165, 1.54) is 6.20 Å². The van der Waals surface area contributed by atoms with Crippen molar-refractivity contribution >= 4 is 17.5 Å². The van der Waals surface area contributed by atoms with Crippen LogP contribution in [0.3, 0.4) is 0 Å². The van der Waals surface area contributed by atoms with Gasteiger partial charge in [0.25, 0.3) is 0 Å². The van der Waals surface area contributed by atoms with Gasteiger partial charge >= 0.3 is 0 Å². The van der Waals surface area contributed by atoms with E-state index < -0.39 is 0 Å². The number of hydrogen-bond donors (Lipinski definition) is 1. The van der Waals surface area contributed by atoms with Crippen LogP contribution in [0.5, 0.6) is 0 Å². The highest BCUT2D eigenvalue weighted by Crippen LogP contribution is 1.95. The zero-order valence-corrected chi connectivity index (χ0v) is 5.34. The predicted octanol–water partition coefficient (Wildman–Crippen LogP) is 0.193. The lowest BCUT2D eigenvalue weighted by Crippen LogP contribution is -1.98. The highest BCUT2D eigenvalue weighted by molar-refractivity contribution is 6.16. The number of halogens is 1. The minimum atomic E-state index is 0.170. The molecule has 0 bridgehead atoms. The molecule has 0 fully saturated rings. The summed E-state index contributed by atoms with van der Waals surface area (Å²) in [6.07, 6.45) is 1.50. The van der Waals surface area contributed by atoms with Gasteiger partial charge in [-0.05, 0) is 0 Å². The molecule has 0 saturated carbocycles. The zero-order chi connectivity index (χ0) is 6.69. The first kappa shape index (κ1) is 6.22. The molecule has 9 heavy (non-hydrogen) atoms. The van der Waals surface area contributed by atoms with Gasteiger partial charge in [-0.3, -0.25) is 0 Å². The fourth-order valence-corrected chi connectivity index (χ4v) is 0.491. The second-order valence-electron chi connectivity index (χ2n) is 1.44. The first-order chi connectivity index (χ1) is 4.33. The van der Waals surface area contributed by atoms with E-state index in [4.69, 9.17) is 17.3 Å². The van der Waals surface area contributed by atoms with Crippen LogP contribution in [0.2, 0.25) is 0 Å². The maximum Gasteiger partial charge on any atom is 0.240 e.